The zero-order chi connectivity index (χ0) is 24.1. The number of amides is 1. The van der Waals surface area contributed by atoms with Crippen LogP contribution in [-0.4, -0.2) is 41.2 Å². The van der Waals surface area contributed by atoms with E-state index in [2.05, 4.69) is 29.2 Å². The second-order valence-corrected chi connectivity index (χ2v) is 9.16. The number of anilines is 1. The van der Waals surface area contributed by atoms with E-state index in [1.165, 1.54) is 0 Å². The molecule has 0 aliphatic carbocycles. The van der Waals surface area contributed by atoms with E-state index in [-0.39, 0.29) is 17.7 Å². The number of carbonyl (C=O) groups excluding carboxylic acids is 1. The molecule has 4 rings (SSSR count). The van der Waals surface area contributed by atoms with Crippen molar-refractivity contribution in [2.75, 3.05) is 25.0 Å². The topological polar surface area (TPSA) is 64.0 Å². The minimum absolute atomic E-state index is 0.124. The van der Waals surface area contributed by atoms with E-state index in [0.717, 1.165) is 23.2 Å². The molecule has 0 radical (unpaired) electrons. The van der Waals surface area contributed by atoms with E-state index < -0.39 is 5.60 Å². The molecule has 1 amide bonds. The van der Waals surface area contributed by atoms with Gasteiger partial charge in [-0.3, -0.25) is 4.79 Å². The first-order valence-electron chi connectivity index (χ1n) is 12.1. The molecule has 1 heterocycles. The smallest absolute Gasteiger partial charge is 0.223 e. The Hall–Kier alpha value is -3.31. The van der Waals surface area contributed by atoms with Crippen molar-refractivity contribution < 1.29 is 15.0 Å². The highest BCUT2D eigenvalue weighted by Gasteiger charge is 2.37. The fourth-order valence-corrected chi connectivity index (χ4v) is 5.04. The van der Waals surface area contributed by atoms with Gasteiger partial charge in [-0.2, -0.15) is 0 Å². The van der Waals surface area contributed by atoms with Crippen LogP contribution in [0.4, 0.5) is 5.69 Å². The summed E-state index contributed by atoms with van der Waals surface area (Å²) in [5.74, 6) is 0.262. The van der Waals surface area contributed by atoms with Crippen LogP contribution in [0.2, 0.25) is 0 Å². The molecule has 0 spiro atoms. The molecular weight excluding hydrogens is 424 g/mol. The number of carbonyl (C=O) groups is 1. The van der Waals surface area contributed by atoms with E-state index in [1.54, 1.807) is 18.2 Å². The molecule has 5 nitrogen and oxygen atoms in total. The summed E-state index contributed by atoms with van der Waals surface area (Å²) in [4.78, 5) is 17.1. The molecule has 0 aromatic heterocycles. The summed E-state index contributed by atoms with van der Waals surface area (Å²) < 4.78 is 0. The van der Waals surface area contributed by atoms with E-state index >= 15 is 0 Å². The zero-order valence-corrected chi connectivity index (χ0v) is 20.0. The molecule has 1 aliphatic rings. The molecule has 1 atom stereocenters. The Labute approximate surface area is 202 Å². The van der Waals surface area contributed by atoms with Crippen molar-refractivity contribution in [3.63, 3.8) is 0 Å². The number of aromatic hydroxyl groups is 1. The lowest BCUT2D eigenvalue weighted by molar-refractivity contribution is -0.131. The summed E-state index contributed by atoms with van der Waals surface area (Å²) in [6.45, 7) is 3.32. The van der Waals surface area contributed by atoms with Crippen molar-refractivity contribution in [1.29, 1.82) is 0 Å². The van der Waals surface area contributed by atoms with Crippen molar-refractivity contribution in [2.45, 2.75) is 44.2 Å². The largest absolute Gasteiger partial charge is 0.508 e. The van der Waals surface area contributed by atoms with Gasteiger partial charge >= 0.3 is 0 Å². The predicted octanol–water partition coefficient (Wildman–Crippen LogP) is 5.23. The summed E-state index contributed by atoms with van der Waals surface area (Å²) in [6, 6.07) is 25.3. The third kappa shape index (κ3) is 4.80. The van der Waals surface area contributed by atoms with E-state index in [9.17, 15) is 15.0 Å². The molecule has 0 bridgehead atoms. The molecule has 1 aliphatic heterocycles. The van der Waals surface area contributed by atoms with Gasteiger partial charge in [-0.25, -0.2) is 0 Å². The minimum Gasteiger partial charge on any atom is -0.508 e. The highest BCUT2D eigenvalue weighted by atomic mass is 16.3. The Balaban J connectivity index is 1.65. The summed E-state index contributed by atoms with van der Waals surface area (Å²) in [7, 11) is 1.89. The molecular formula is C29H34N2O3. The standard InChI is InChI=1S/C29H34N2O3/c1-3-11-27(33)30(2)28(22-12-5-4-6-13-22)23-14-7-9-16-25(23)31-20-18-29(34,19-21-31)24-15-8-10-17-26(24)32/h4-10,12-17,28,32,34H,3,11,18-21H2,1-2H3. The van der Waals surface area contributed by atoms with Gasteiger partial charge in [-0.15, -0.1) is 0 Å². The first kappa shape index (κ1) is 23.8. The first-order valence-corrected chi connectivity index (χ1v) is 12.1. The van der Waals surface area contributed by atoms with Crippen molar-refractivity contribution in [1.82, 2.24) is 4.90 Å². The lowest BCUT2D eigenvalue weighted by atomic mass is 9.83. The highest BCUT2D eigenvalue weighted by molar-refractivity contribution is 5.77. The summed E-state index contributed by atoms with van der Waals surface area (Å²) >= 11 is 0. The Morgan fingerprint density at radius 1 is 0.971 bits per heavy atom. The highest BCUT2D eigenvalue weighted by Crippen LogP contribution is 2.41. The molecule has 2 N–H and O–H groups in total. The molecule has 1 unspecified atom stereocenters. The fraction of sp³-hybridized carbons (Fsp3) is 0.345. The van der Waals surface area contributed by atoms with Crippen molar-refractivity contribution in [2.24, 2.45) is 0 Å². The van der Waals surface area contributed by atoms with Gasteiger partial charge in [0.2, 0.25) is 5.91 Å². The molecule has 3 aromatic rings. The van der Waals surface area contributed by atoms with E-state index in [1.807, 2.05) is 55.3 Å². The maximum Gasteiger partial charge on any atom is 0.223 e. The molecule has 1 fully saturated rings. The number of rotatable bonds is 7. The number of phenols is 1. The third-order valence-corrected chi connectivity index (χ3v) is 6.93. The van der Waals surface area contributed by atoms with E-state index in [4.69, 9.17) is 0 Å². The lowest BCUT2D eigenvalue weighted by Gasteiger charge is -2.41. The van der Waals surface area contributed by atoms with Gasteiger partial charge in [-0.1, -0.05) is 73.7 Å². The number of phenolic OH excluding ortho intramolecular Hbond substituents is 1. The summed E-state index contributed by atoms with van der Waals surface area (Å²) in [5, 5.41) is 21.6. The average molecular weight is 459 g/mol. The fourth-order valence-electron chi connectivity index (χ4n) is 5.04. The Bertz CT molecular complexity index is 1110. The van der Waals surface area contributed by atoms with Crippen LogP contribution >= 0.6 is 0 Å². The van der Waals surface area contributed by atoms with Crippen LogP contribution in [0.1, 0.15) is 55.3 Å². The maximum absolute atomic E-state index is 12.9. The quantitative estimate of drug-likeness (QED) is 0.509. The number of aliphatic hydroxyl groups is 1. The van der Waals surface area contributed by atoms with Gasteiger partial charge in [0.15, 0.2) is 0 Å². The normalized spacial score (nSPS) is 16.1. The maximum atomic E-state index is 12.9. The molecule has 0 saturated carbocycles. The van der Waals surface area contributed by atoms with E-state index in [0.29, 0.717) is 37.9 Å². The second-order valence-electron chi connectivity index (χ2n) is 9.16. The van der Waals surface area contributed by atoms with Crippen LogP contribution in [0, 0.1) is 0 Å². The Morgan fingerprint density at radius 3 is 2.26 bits per heavy atom. The number of nitrogens with zero attached hydrogens (tertiary/aromatic N) is 2. The number of piperidine rings is 1. The third-order valence-electron chi connectivity index (χ3n) is 6.93. The lowest BCUT2D eigenvalue weighted by Crippen LogP contribution is -2.43. The Kier molecular flexibility index (Phi) is 7.23. The molecule has 1 saturated heterocycles. The molecule has 34 heavy (non-hydrogen) atoms. The predicted molar refractivity (Wildman–Crippen MR) is 136 cm³/mol. The van der Waals surface area contributed by atoms with Gasteiger partial charge in [0, 0.05) is 43.4 Å². The average Bonchev–Trinajstić information content (AvgIpc) is 2.86. The van der Waals surface area contributed by atoms with Crippen molar-refractivity contribution >= 4 is 11.6 Å². The number of para-hydroxylation sites is 2. The van der Waals surface area contributed by atoms with Crippen molar-refractivity contribution in [3.05, 3.63) is 95.6 Å². The van der Waals surface area contributed by atoms with Crippen molar-refractivity contribution in [3.8, 4) is 5.75 Å². The van der Waals surface area contributed by atoms with Gasteiger partial charge < -0.3 is 20.0 Å². The SMILES string of the molecule is CCCC(=O)N(C)C(c1ccccc1)c1ccccc1N1CCC(O)(c2ccccc2O)CC1. The molecule has 5 heteroatoms. The van der Waals surface area contributed by atoms with Gasteiger partial charge in [0.05, 0.1) is 11.6 Å². The Morgan fingerprint density at radius 2 is 1.59 bits per heavy atom. The van der Waals surface area contributed by atoms with Crippen LogP contribution in [0.5, 0.6) is 5.75 Å². The summed E-state index contributed by atoms with van der Waals surface area (Å²) in [5.41, 5.74) is 2.77. The number of hydrogen-bond acceptors (Lipinski definition) is 4. The minimum atomic E-state index is -1.05. The number of benzene rings is 3. The second kappa shape index (κ2) is 10.3. The molecule has 178 valence electrons. The van der Waals surface area contributed by atoms with Crippen LogP contribution in [0.15, 0.2) is 78.9 Å². The van der Waals surface area contributed by atoms with Gasteiger partial charge in [0.25, 0.3) is 0 Å². The number of hydrogen-bond donors (Lipinski definition) is 2. The zero-order valence-electron chi connectivity index (χ0n) is 20.0. The van der Waals surface area contributed by atoms with Crippen LogP contribution in [0.3, 0.4) is 0 Å². The van der Waals surface area contributed by atoms with Gasteiger partial charge in [-0.05, 0) is 37.0 Å². The first-order chi connectivity index (χ1) is 16.4. The van der Waals surface area contributed by atoms with Crippen LogP contribution < -0.4 is 4.90 Å². The monoisotopic (exact) mass is 458 g/mol. The molecule has 3 aromatic carbocycles. The van der Waals surface area contributed by atoms with Crippen LogP contribution in [0.25, 0.3) is 0 Å². The van der Waals surface area contributed by atoms with Crippen LogP contribution in [-0.2, 0) is 10.4 Å². The van der Waals surface area contributed by atoms with Gasteiger partial charge in [0.1, 0.15) is 5.75 Å². The summed E-state index contributed by atoms with van der Waals surface area (Å²) in [6.07, 6.45) is 2.35.